The van der Waals surface area contributed by atoms with Crippen LogP contribution >= 0.6 is 23.7 Å². The summed E-state index contributed by atoms with van der Waals surface area (Å²) in [5.74, 6) is 0.961. The van der Waals surface area contributed by atoms with Gasteiger partial charge in [0.2, 0.25) is 5.96 Å². The van der Waals surface area contributed by atoms with Crippen molar-refractivity contribution in [3.05, 3.63) is 35.5 Å². The number of amidine groups is 1. The van der Waals surface area contributed by atoms with Gasteiger partial charge in [0.1, 0.15) is 11.4 Å². The Hall–Kier alpha value is -2.78. The largest absolute Gasteiger partial charge is 0.493 e. The first-order chi connectivity index (χ1) is 11.5. The van der Waals surface area contributed by atoms with Gasteiger partial charge in [-0.05, 0) is 18.2 Å². The number of ether oxygens (including phenoxy) is 2. The molecule has 3 rings (SSSR count). The predicted octanol–water partition coefficient (Wildman–Crippen LogP) is 2.10. The third kappa shape index (κ3) is 3.37. The number of hydrogen-bond acceptors (Lipinski definition) is 5. The van der Waals surface area contributed by atoms with Gasteiger partial charge in [-0.3, -0.25) is 9.81 Å². The van der Waals surface area contributed by atoms with Crippen LogP contribution in [-0.4, -0.2) is 35.4 Å². The molecule has 1 aromatic carbocycles. The van der Waals surface area contributed by atoms with Gasteiger partial charge in [-0.25, -0.2) is 4.98 Å². The second-order valence-corrected chi connectivity index (χ2v) is 5.69. The average molecular weight is 381 g/mol. The van der Waals surface area contributed by atoms with Crippen LogP contribution in [0.2, 0.25) is 0 Å². The number of nitrogens with one attached hydrogen (secondary N) is 1. The minimum absolute atomic E-state index is 0. The van der Waals surface area contributed by atoms with Crippen LogP contribution in [0, 0.1) is 5.41 Å². The van der Waals surface area contributed by atoms with E-state index in [1.54, 1.807) is 20.3 Å². The average Bonchev–Trinajstić information content (AvgIpc) is 3.13. The Labute approximate surface area is 154 Å². The Morgan fingerprint density at radius 1 is 1.24 bits per heavy atom. The molecule has 5 N–H and O–H groups in total. The van der Waals surface area contributed by atoms with Gasteiger partial charge in [-0.1, -0.05) is 0 Å². The van der Waals surface area contributed by atoms with E-state index in [1.807, 2.05) is 28.1 Å². The van der Waals surface area contributed by atoms with Gasteiger partial charge in [0.05, 0.1) is 14.2 Å². The number of halogens is 1. The van der Waals surface area contributed by atoms with Gasteiger partial charge in [0.15, 0.2) is 22.3 Å². The van der Waals surface area contributed by atoms with E-state index >= 15 is 0 Å². The zero-order chi connectivity index (χ0) is 17.3. The topological polar surface area (TPSA) is 124 Å². The summed E-state index contributed by atoms with van der Waals surface area (Å²) in [6.45, 7) is 0. The maximum Gasteiger partial charge on any atom is 0.214 e. The van der Waals surface area contributed by atoms with E-state index in [-0.39, 0.29) is 24.2 Å². The first kappa shape index (κ1) is 18.6. The molecule has 25 heavy (non-hydrogen) atoms. The highest BCUT2D eigenvalue weighted by Gasteiger charge is 2.19. The SMILES string of the molecule is COc1ccc(-c2nc3sccn3c2/C(N)=N/C(=N)N)cc1OC.Cl. The minimum Gasteiger partial charge on any atom is -0.493 e. The Balaban J connectivity index is 0.00000225. The Kier molecular flexibility index (Phi) is 5.50. The molecule has 0 fully saturated rings. The number of hydrogen-bond donors (Lipinski definition) is 3. The van der Waals surface area contributed by atoms with Crippen LogP contribution in [0.4, 0.5) is 0 Å². The number of imidazole rings is 1. The van der Waals surface area contributed by atoms with Crippen LogP contribution in [0.1, 0.15) is 5.69 Å². The number of methoxy groups -OCH3 is 2. The number of guanidine groups is 1. The van der Waals surface area contributed by atoms with E-state index in [4.69, 9.17) is 26.4 Å². The van der Waals surface area contributed by atoms with Gasteiger partial charge in [-0.2, -0.15) is 4.99 Å². The Bertz CT molecular complexity index is 949. The van der Waals surface area contributed by atoms with Crippen molar-refractivity contribution in [2.75, 3.05) is 14.2 Å². The molecule has 0 bridgehead atoms. The van der Waals surface area contributed by atoms with E-state index in [1.165, 1.54) is 11.3 Å². The van der Waals surface area contributed by atoms with Gasteiger partial charge >= 0.3 is 0 Å². The van der Waals surface area contributed by atoms with E-state index in [0.29, 0.717) is 22.9 Å². The monoisotopic (exact) mass is 380 g/mol. The second kappa shape index (κ2) is 7.41. The van der Waals surface area contributed by atoms with Gasteiger partial charge in [-0.15, -0.1) is 23.7 Å². The smallest absolute Gasteiger partial charge is 0.214 e. The van der Waals surface area contributed by atoms with E-state index in [2.05, 4.69) is 9.98 Å². The van der Waals surface area contributed by atoms with Crippen molar-refractivity contribution in [3.8, 4) is 22.8 Å². The van der Waals surface area contributed by atoms with Crippen LogP contribution in [0.15, 0.2) is 34.8 Å². The van der Waals surface area contributed by atoms with Crippen molar-refractivity contribution in [2.24, 2.45) is 16.5 Å². The molecule has 0 aliphatic carbocycles. The molecule has 0 saturated heterocycles. The molecule has 8 nitrogen and oxygen atoms in total. The van der Waals surface area contributed by atoms with Crippen LogP contribution in [0.5, 0.6) is 11.5 Å². The van der Waals surface area contributed by atoms with Crippen LogP contribution in [0.25, 0.3) is 16.2 Å². The lowest BCUT2D eigenvalue weighted by atomic mass is 10.1. The van der Waals surface area contributed by atoms with E-state index in [9.17, 15) is 0 Å². The highest BCUT2D eigenvalue weighted by atomic mass is 35.5. The number of aromatic nitrogens is 2. The number of nitrogens with zero attached hydrogens (tertiary/aromatic N) is 3. The molecule has 0 saturated carbocycles. The summed E-state index contributed by atoms with van der Waals surface area (Å²) in [6.07, 6.45) is 1.84. The summed E-state index contributed by atoms with van der Waals surface area (Å²) >= 11 is 1.47. The number of benzene rings is 1. The van der Waals surface area contributed by atoms with Gasteiger partial charge < -0.3 is 20.9 Å². The van der Waals surface area contributed by atoms with Crippen LogP contribution < -0.4 is 20.9 Å². The third-order valence-corrected chi connectivity index (χ3v) is 4.16. The first-order valence-corrected chi connectivity index (χ1v) is 7.79. The van der Waals surface area contributed by atoms with Crippen molar-refractivity contribution in [2.45, 2.75) is 0 Å². The summed E-state index contributed by atoms with van der Waals surface area (Å²) in [5.41, 5.74) is 13.4. The van der Waals surface area contributed by atoms with Gasteiger partial charge in [0, 0.05) is 17.1 Å². The lowest BCUT2D eigenvalue weighted by Crippen LogP contribution is -2.21. The molecule has 0 atom stereocenters. The van der Waals surface area contributed by atoms with Crippen LogP contribution in [-0.2, 0) is 0 Å². The first-order valence-electron chi connectivity index (χ1n) is 6.91. The fraction of sp³-hybridized carbons (Fsp3) is 0.133. The minimum atomic E-state index is -0.365. The summed E-state index contributed by atoms with van der Waals surface area (Å²) in [4.78, 5) is 9.23. The number of aliphatic imine (C=N–C) groups is 1. The highest BCUT2D eigenvalue weighted by Crippen LogP contribution is 2.34. The van der Waals surface area contributed by atoms with Gasteiger partial charge in [0.25, 0.3) is 0 Å². The second-order valence-electron chi connectivity index (χ2n) is 4.82. The molecule has 0 amide bonds. The molecular formula is C15H17ClN6O2S. The van der Waals surface area contributed by atoms with Crippen molar-refractivity contribution >= 4 is 40.5 Å². The van der Waals surface area contributed by atoms with Crippen molar-refractivity contribution in [1.29, 1.82) is 5.41 Å². The summed E-state index contributed by atoms with van der Waals surface area (Å²) < 4.78 is 12.4. The summed E-state index contributed by atoms with van der Waals surface area (Å²) in [5, 5.41) is 9.23. The van der Waals surface area contributed by atoms with Crippen molar-refractivity contribution in [1.82, 2.24) is 9.38 Å². The highest BCUT2D eigenvalue weighted by molar-refractivity contribution is 7.15. The molecule has 10 heteroatoms. The molecule has 0 radical (unpaired) electrons. The Morgan fingerprint density at radius 3 is 2.60 bits per heavy atom. The standard InChI is InChI=1S/C15H16N6O2S.ClH/c1-22-9-4-3-8(7-10(9)23-2)11-12(13(16)20-14(17)18)21-5-6-24-15(21)19-11;/h3-7H,1-2H3,(H5,16,17,18,20);1H. The fourth-order valence-electron chi connectivity index (χ4n) is 2.40. The molecule has 0 aliphatic rings. The van der Waals surface area contributed by atoms with Crippen molar-refractivity contribution in [3.63, 3.8) is 0 Å². The number of rotatable bonds is 4. The van der Waals surface area contributed by atoms with Crippen molar-refractivity contribution < 1.29 is 9.47 Å². The molecule has 132 valence electrons. The van der Waals surface area contributed by atoms with Crippen LogP contribution in [0.3, 0.4) is 0 Å². The fourth-order valence-corrected chi connectivity index (χ4v) is 3.11. The molecule has 2 heterocycles. The Morgan fingerprint density at radius 2 is 1.96 bits per heavy atom. The lowest BCUT2D eigenvalue weighted by molar-refractivity contribution is 0.355. The maximum atomic E-state index is 7.34. The zero-order valence-corrected chi connectivity index (χ0v) is 15.1. The third-order valence-electron chi connectivity index (χ3n) is 3.40. The molecule has 2 aromatic heterocycles. The lowest BCUT2D eigenvalue weighted by Gasteiger charge is -2.09. The van der Waals surface area contributed by atoms with E-state index in [0.717, 1.165) is 10.5 Å². The zero-order valence-electron chi connectivity index (χ0n) is 13.5. The van der Waals surface area contributed by atoms with E-state index < -0.39 is 0 Å². The summed E-state index contributed by atoms with van der Waals surface area (Å²) in [6, 6.07) is 5.47. The normalized spacial score (nSPS) is 11.2. The number of thiazole rings is 1. The molecule has 3 aromatic rings. The molecule has 0 aliphatic heterocycles. The predicted molar refractivity (Wildman–Crippen MR) is 101 cm³/mol. The quantitative estimate of drug-likeness (QED) is 0.472. The summed E-state index contributed by atoms with van der Waals surface area (Å²) in [7, 11) is 3.15. The number of nitrogens with two attached hydrogens (primary N) is 2. The molecular weight excluding hydrogens is 364 g/mol. The maximum absolute atomic E-state index is 7.34. The molecule has 0 unspecified atom stereocenters. The number of fused-ring (bicyclic) bond motifs is 1. The molecule has 0 spiro atoms.